The average molecular weight is 365 g/mol. The van der Waals surface area contributed by atoms with Gasteiger partial charge in [0.1, 0.15) is 5.75 Å². The molecule has 0 fully saturated rings. The first kappa shape index (κ1) is 18.5. The molecule has 0 atom stereocenters. The van der Waals surface area contributed by atoms with Crippen LogP contribution in [-0.2, 0) is 4.79 Å². The van der Waals surface area contributed by atoms with Crippen LogP contribution in [0, 0.1) is 0 Å². The van der Waals surface area contributed by atoms with Gasteiger partial charge in [-0.1, -0.05) is 0 Å². The van der Waals surface area contributed by atoms with E-state index in [4.69, 9.17) is 4.74 Å². The van der Waals surface area contributed by atoms with Gasteiger partial charge in [0, 0.05) is 34.9 Å². The zero-order valence-electron chi connectivity index (χ0n) is 15.5. The van der Waals surface area contributed by atoms with Crippen molar-refractivity contribution in [3.05, 3.63) is 60.3 Å². The first-order chi connectivity index (χ1) is 13.1. The summed E-state index contributed by atoms with van der Waals surface area (Å²) in [5, 5.41) is 3.73. The molecule has 0 spiro atoms. The van der Waals surface area contributed by atoms with E-state index in [9.17, 15) is 9.59 Å². The number of hydrogen-bond acceptors (Lipinski definition) is 3. The molecule has 2 aromatic carbocycles. The van der Waals surface area contributed by atoms with Crippen LogP contribution >= 0.6 is 0 Å². The van der Waals surface area contributed by atoms with Gasteiger partial charge >= 0.3 is 0 Å². The number of H-pyrrole nitrogens is 1. The molecule has 2 amide bonds. The van der Waals surface area contributed by atoms with Crippen molar-refractivity contribution in [3.63, 3.8) is 0 Å². The first-order valence-electron chi connectivity index (χ1n) is 9.01. The molecule has 3 rings (SSSR count). The third-order valence-corrected chi connectivity index (χ3v) is 4.29. The van der Waals surface area contributed by atoms with Crippen molar-refractivity contribution in [2.45, 2.75) is 13.8 Å². The molecule has 2 N–H and O–H groups in total. The molecule has 3 aromatic rings. The molecule has 1 heterocycles. The van der Waals surface area contributed by atoms with Crippen molar-refractivity contribution >= 4 is 28.4 Å². The Kier molecular flexibility index (Phi) is 5.76. The van der Waals surface area contributed by atoms with E-state index in [1.165, 1.54) is 0 Å². The average Bonchev–Trinajstić information content (AvgIpc) is 3.15. The fourth-order valence-electron chi connectivity index (χ4n) is 2.93. The number of carbonyl (C=O) groups excluding carboxylic acids is 2. The Labute approximate surface area is 158 Å². The van der Waals surface area contributed by atoms with Gasteiger partial charge in [-0.3, -0.25) is 9.59 Å². The summed E-state index contributed by atoms with van der Waals surface area (Å²) in [6.45, 7) is 4.84. The zero-order valence-corrected chi connectivity index (χ0v) is 15.5. The highest BCUT2D eigenvalue weighted by atomic mass is 16.5. The maximum atomic E-state index is 12.6. The quantitative estimate of drug-likeness (QED) is 0.674. The molecule has 1 aromatic heterocycles. The van der Waals surface area contributed by atoms with Gasteiger partial charge in [0.2, 0.25) is 5.91 Å². The van der Waals surface area contributed by atoms with Gasteiger partial charge in [0.05, 0.1) is 13.2 Å². The monoisotopic (exact) mass is 365 g/mol. The van der Waals surface area contributed by atoms with Crippen LogP contribution in [0.3, 0.4) is 0 Å². The molecule has 140 valence electrons. The summed E-state index contributed by atoms with van der Waals surface area (Å²) in [5.74, 6) is 0.262. The topological polar surface area (TPSA) is 74.4 Å². The van der Waals surface area contributed by atoms with E-state index in [-0.39, 0.29) is 18.4 Å². The highest BCUT2D eigenvalue weighted by molar-refractivity contribution is 6.01. The SMILES string of the molecule is CCOc1ccc(C(=O)NCC(=O)N(CC)c2ccc3[nH]ccc3c2)cc1. The lowest BCUT2D eigenvalue weighted by atomic mass is 10.2. The van der Waals surface area contributed by atoms with Gasteiger partial charge in [-0.25, -0.2) is 0 Å². The van der Waals surface area contributed by atoms with Crippen LogP contribution in [-0.4, -0.2) is 36.5 Å². The van der Waals surface area contributed by atoms with Crippen LogP contribution in [0.25, 0.3) is 10.9 Å². The van der Waals surface area contributed by atoms with Gasteiger partial charge in [-0.15, -0.1) is 0 Å². The zero-order chi connectivity index (χ0) is 19.2. The smallest absolute Gasteiger partial charge is 0.251 e. The summed E-state index contributed by atoms with van der Waals surface area (Å²) in [4.78, 5) is 29.7. The second-order valence-electron chi connectivity index (χ2n) is 6.03. The summed E-state index contributed by atoms with van der Waals surface area (Å²) in [7, 11) is 0. The lowest BCUT2D eigenvalue weighted by Crippen LogP contribution is -2.40. The summed E-state index contributed by atoms with van der Waals surface area (Å²) in [5.41, 5.74) is 2.32. The fraction of sp³-hybridized carbons (Fsp3) is 0.238. The third kappa shape index (κ3) is 4.28. The van der Waals surface area contributed by atoms with E-state index in [1.807, 2.05) is 44.3 Å². The predicted molar refractivity (Wildman–Crippen MR) is 106 cm³/mol. The minimum Gasteiger partial charge on any atom is -0.494 e. The van der Waals surface area contributed by atoms with Crippen LogP contribution in [0.4, 0.5) is 5.69 Å². The number of nitrogens with zero attached hydrogens (tertiary/aromatic N) is 1. The maximum Gasteiger partial charge on any atom is 0.251 e. The molecule has 0 saturated carbocycles. The molecular weight excluding hydrogens is 342 g/mol. The largest absolute Gasteiger partial charge is 0.494 e. The van der Waals surface area contributed by atoms with Crippen molar-refractivity contribution in [1.29, 1.82) is 0 Å². The Morgan fingerprint density at radius 2 is 1.85 bits per heavy atom. The summed E-state index contributed by atoms with van der Waals surface area (Å²) < 4.78 is 5.36. The molecule has 6 nitrogen and oxygen atoms in total. The Morgan fingerprint density at radius 3 is 2.56 bits per heavy atom. The van der Waals surface area contributed by atoms with Gasteiger partial charge < -0.3 is 19.9 Å². The minimum absolute atomic E-state index is 0.0644. The number of ether oxygens (including phenoxy) is 1. The van der Waals surface area contributed by atoms with Crippen molar-refractivity contribution in [2.75, 3.05) is 24.6 Å². The van der Waals surface area contributed by atoms with Crippen LogP contribution in [0.15, 0.2) is 54.7 Å². The maximum absolute atomic E-state index is 12.6. The number of fused-ring (bicyclic) bond motifs is 1. The second-order valence-corrected chi connectivity index (χ2v) is 6.03. The molecule has 0 unspecified atom stereocenters. The number of aromatic amines is 1. The van der Waals surface area contributed by atoms with Crippen molar-refractivity contribution < 1.29 is 14.3 Å². The molecule has 6 heteroatoms. The number of rotatable bonds is 7. The Bertz CT molecular complexity index is 931. The van der Waals surface area contributed by atoms with E-state index >= 15 is 0 Å². The van der Waals surface area contributed by atoms with Crippen LogP contribution < -0.4 is 15.0 Å². The standard InChI is InChI=1S/C21H23N3O3/c1-3-24(17-7-10-19-16(13-17)11-12-22-19)20(25)14-23-21(26)15-5-8-18(9-6-15)27-4-2/h5-13,22H,3-4,14H2,1-2H3,(H,23,26). The number of benzene rings is 2. The number of carbonyl (C=O) groups is 2. The van der Waals surface area contributed by atoms with E-state index in [1.54, 1.807) is 29.2 Å². The van der Waals surface area contributed by atoms with E-state index < -0.39 is 0 Å². The summed E-state index contributed by atoms with van der Waals surface area (Å²) >= 11 is 0. The van der Waals surface area contributed by atoms with Gasteiger partial charge in [-0.05, 0) is 62.4 Å². The number of likely N-dealkylation sites (N-methyl/N-ethyl adjacent to an activating group) is 1. The molecule has 27 heavy (non-hydrogen) atoms. The van der Waals surface area contributed by atoms with Crippen LogP contribution in [0.2, 0.25) is 0 Å². The fourth-order valence-corrected chi connectivity index (χ4v) is 2.93. The number of hydrogen-bond donors (Lipinski definition) is 2. The number of anilines is 1. The minimum atomic E-state index is -0.288. The number of nitrogens with one attached hydrogen (secondary N) is 2. The van der Waals surface area contributed by atoms with E-state index in [0.29, 0.717) is 24.5 Å². The van der Waals surface area contributed by atoms with Crippen molar-refractivity contribution in [1.82, 2.24) is 10.3 Å². The molecule has 0 radical (unpaired) electrons. The lowest BCUT2D eigenvalue weighted by molar-refractivity contribution is -0.117. The molecular formula is C21H23N3O3. The lowest BCUT2D eigenvalue weighted by Gasteiger charge is -2.21. The van der Waals surface area contributed by atoms with Crippen molar-refractivity contribution in [2.24, 2.45) is 0 Å². The number of aromatic nitrogens is 1. The van der Waals surface area contributed by atoms with E-state index in [2.05, 4.69) is 10.3 Å². The Morgan fingerprint density at radius 1 is 1.07 bits per heavy atom. The summed E-state index contributed by atoms with van der Waals surface area (Å²) in [6.07, 6.45) is 1.86. The highest BCUT2D eigenvalue weighted by Gasteiger charge is 2.16. The van der Waals surface area contributed by atoms with Crippen LogP contribution in [0.1, 0.15) is 24.2 Å². The number of amides is 2. The van der Waals surface area contributed by atoms with Crippen molar-refractivity contribution in [3.8, 4) is 5.75 Å². The molecule has 0 aliphatic rings. The first-order valence-corrected chi connectivity index (χ1v) is 9.01. The summed E-state index contributed by atoms with van der Waals surface area (Å²) in [6, 6.07) is 14.6. The van der Waals surface area contributed by atoms with Gasteiger partial charge in [0.25, 0.3) is 5.91 Å². The molecule has 0 saturated heterocycles. The normalized spacial score (nSPS) is 10.6. The highest BCUT2D eigenvalue weighted by Crippen LogP contribution is 2.21. The Hall–Kier alpha value is -3.28. The molecule has 0 bridgehead atoms. The predicted octanol–water partition coefficient (Wildman–Crippen LogP) is 3.35. The molecule has 0 aliphatic heterocycles. The van der Waals surface area contributed by atoms with Crippen LogP contribution in [0.5, 0.6) is 5.75 Å². The Balaban J connectivity index is 1.63. The second kappa shape index (κ2) is 8.40. The van der Waals surface area contributed by atoms with E-state index in [0.717, 1.165) is 16.6 Å². The van der Waals surface area contributed by atoms with Gasteiger partial charge in [-0.2, -0.15) is 0 Å². The molecule has 0 aliphatic carbocycles. The van der Waals surface area contributed by atoms with Gasteiger partial charge in [0.15, 0.2) is 0 Å². The third-order valence-electron chi connectivity index (χ3n) is 4.29.